The van der Waals surface area contributed by atoms with Gasteiger partial charge in [-0.05, 0) is 67.5 Å². The van der Waals surface area contributed by atoms with E-state index in [4.69, 9.17) is 9.47 Å². The lowest BCUT2D eigenvalue weighted by molar-refractivity contribution is -0.116. The molecule has 1 aliphatic carbocycles. The third kappa shape index (κ3) is 3.42. The van der Waals surface area contributed by atoms with Crippen LogP contribution in [0.4, 0.5) is 0 Å². The van der Waals surface area contributed by atoms with E-state index in [1.54, 1.807) is 14.2 Å². The van der Waals surface area contributed by atoms with Crippen LogP contribution in [0.5, 0.6) is 11.5 Å². The highest BCUT2D eigenvalue weighted by Gasteiger charge is 2.25. The van der Waals surface area contributed by atoms with E-state index in [0.717, 1.165) is 49.3 Å². The minimum atomic E-state index is 0.0638. The van der Waals surface area contributed by atoms with Crippen molar-refractivity contribution in [1.82, 2.24) is 5.32 Å². The number of methoxy groups -OCH3 is 2. The van der Waals surface area contributed by atoms with Crippen LogP contribution in [-0.4, -0.2) is 26.5 Å². The zero-order chi connectivity index (χ0) is 16.2. The van der Waals surface area contributed by atoms with E-state index in [-0.39, 0.29) is 11.8 Å². The molecular formula is C19H25NO3. The van der Waals surface area contributed by atoms with Crippen LogP contribution in [0.2, 0.25) is 0 Å². The Balaban J connectivity index is 1.83. The second kappa shape index (κ2) is 7.18. The number of ether oxygens (including phenoxy) is 2. The topological polar surface area (TPSA) is 47.6 Å². The number of ketones is 1. The maximum atomic E-state index is 12.6. The lowest BCUT2D eigenvalue weighted by atomic mass is 9.87. The molecule has 1 aliphatic heterocycles. The van der Waals surface area contributed by atoms with Crippen molar-refractivity contribution in [2.24, 2.45) is 0 Å². The quantitative estimate of drug-likeness (QED) is 0.905. The van der Waals surface area contributed by atoms with Crippen LogP contribution in [0.25, 0.3) is 0 Å². The number of allylic oxidation sites excluding steroid dienone is 2. The normalized spacial score (nSPS) is 20.4. The summed E-state index contributed by atoms with van der Waals surface area (Å²) in [6, 6.07) is 4.13. The average molecular weight is 315 g/mol. The summed E-state index contributed by atoms with van der Waals surface area (Å²) in [7, 11) is 3.30. The number of carbonyl (C=O) groups is 1. The van der Waals surface area contributed by atoms with E-state index in [1.165, 1.54) is 17.5 Å². The molecule has 0 bridgehead atoms. The molecule has 4 heteroatoms. The molecule has 2 aliphatic rings. The van der Waals surface area contributed by atoms with Crippen LogP contribution >= 0.6 is 0 Å². The van der Waals surface area contributed by atoms with Gasteiger partial charge in [0.2, 0.25) is 0 Å². The summed E-state index contributed by atoms with van der Waals surface area (Å²) in [6.07, 6.45) is 7.92. The standard InChI is InChI=1S/C19H25NO3/c1-22-18-10-14-8-9-20-16(15(14)11-19(18)23-2)12-17(21)13-6-4-3-5-7-13/h6,10-11,16,20H,3-5,7-9,12H2,1-2H3/t16-/m0/s1. The Hall–Kier alpha value is -1.81. The minimum absolute atomic E-state index is 0.0638. The molecule has 1 atom stereocenters. The minimum Gasteiger partial charge on any atom is -0.493 e. The van der Waals surface area contributed by atoms with Gasteiger partial charge >= 0.3 is 0 Å². The molecule has 0 amide bonds. The predicted octanol–water partition coefficient (Wildman–Crippen LogP) is 3.35. The molecule has 1 aromatic rings. The first-order valence-electron chi connectivity index (χ1n) is 8.43. The van der Waals surface area contributed by atoms with Crippen molar-refractivity contribution in [3.05, 3.63) is 34.9 Å². The van der Waals surface area contributed by atoms with E-state index < -0.39 is 0 Å². The molecule has 1 aromatic carbocycles. The summed E-state index contributed by atoms with van der Waals surface area (Å²) in [5.41, 5.74) is 3.43. The first-order valence-corrected chi connectivity index (χ1v) is 8.43. The van der Waals surface area contributed by atoms with Crippen LogP contribution in [0.3, 0.4) is 0 Å². The van der Waals surface area contributed by atoms with Crippen LogP contribution in [0, 0.1) is 0 Å². The third-order valence-corrected chi connectivity index (χ3v) is 4.84. The van der Waals surface area contributed by atoms with Crippen molar-refractivity contribution in [3.63, 3.8) is 0 Å². The van der Waals surface area contributed by atoms with Crippen LogP contribution in [0.1, 0.15) is 49.3 Å². The number of Topliss-reactive ketones (excluding diaryl/α,β-unsaturated/α-hetero) is 1. The summed E-state index contributed by atoms with van der Waals surface area (Å²) in [4.78, 5) is 12.6. The lowest BCUT2D eigenvalue weighted by Crippen LogP contribution is -2.31. The molecule has 4 nitrogen and oxygen atoms in total. The molecule has 0 spiro atoms. The van der Waals surface area contributed by atoms with Gasteiger partial charge in [-0.3, -0.25) is 4.79 Å². The van der Waals surface area contributed by atoms with Crippen LogP contribution in [-0.2, 0) is 11.2 Å². The Kier molecular flexibility index (Phi) is 5.01. The zero-order valence-corrected chi connectivity index (χ0v) is 14.0. The molecule has 1 heterocycles. The fraction of sp³-hybridized carbons (Fsp3) is 0.526. The second-order valence-corrected chi connectivity index (χ2v) is 6.27. The van der Waals surface area contributed by atoms with Crippen molar-refractivity contribution in [3.8, 4) is 11.5 Å². The Bertz CT molecular complexity index is 621. The molecule has 23 heavy (non-hydrogen) atoms. The number of rotatable bonds is 5. The molecule has 0 aromatic heterocycles. The van der Waals surface area contributed by atoms with Gasteiger partial charge in [0.25, 0.3) is 0 Å². The fourth-order valence-corrected chi connectivity index (χ4v) is 3.56. The SMILES string of the molecule is COc1cc2c(cc1OC)[C@H](CC(=O)C1=CCCCC1)NCC2. The van der Waals surface area contributed by atoms with Crippen LogP contribution in [0.15, 0.2) is 23.8 Å². The molecule has 0 saturated heterocycles. The smallest absolute Gasteiger partial charge is 0.161 e. The Morgan fingerprint density at radius 2 is 1.96 bits per heavy atom. The van der Waals surface area contributed by atoms with Gasteiger partial charge in [-0.2, -0.15) is 0 Å². The van der Waals surface area contributed by atoms with E-state index in [0.29, 0.717) is 6.42 Å². The molecular weight excluding hydrogens is 290 g/mol. The molecule has 3 rings (SSSR count). The van der Waals surface area contributed by atoms with Gasteiger partial charge < -0.3 is 14.8 Å². The highest BCUT2D eigenvalue weighted by molar-refractivity contribution is 5.95. The highest BCUT2D eigenvalue weighted by Crippen LogP contribution is 2.36. The van der Waals surface area contributed by atoms with Crippen molar-refractivity contribution in [2.75, 3.05) is 20.8 Å². The monoisotopic (exact) mass is 315 g/mol. The fourth-order valence-electron chi connectivity index (χ4n) is 3.56. The molecule has 0 saturated carbocycles. The van der Waals surface area contributed by atoms with Crippen molar-refractivity contribution >= 4 is 5.78 Å². The van der Waals surface area contributed by atoms with Gasteiger partial charge in [0.15, 0.2) is 17.3 Å². The van der Waals surface area contributed by atoms with E-state index >= 15 is 0 Å². The summed E-state index contributed by atoms with van der Waals surface area (Å²) in [5, 5.41) is 3.49. The Labute approximate surface area is 137 Å². The summed E-state index contributed by atoms with van der Waals surface area (Å²) < 4.78 is 10.8. The maximum absolute atomic E-state index is 12.6. The number of hydrogen-bond donors (Lipinski definition) is 1. The zero-order valence-electron chi connectivity index (χ0n) is 14.0. The summed E-state index contributed by atoms with van der Waals surface area (Å²) >= 11 is 0. The average Bonchev–Trinajstić information content (AvgIpc) is 2.61. The van der Waals surface area contributed by atoms with Crippen molar-refractivity contribution < 1.29 is 14.3 Å². The number of fused-ring (bicyclic) bond motifs is 1. The van der Waals surface area contributed by atoms with Gasteiger partial charge in [-0.1, -0.05) is 6.08 Å². The number of hydrogen-bond acceptors (Lipinski definition) is 4. The predicted molar refractivity (Wildman–Crippen MR) is 90.2 cm³/mol. The van der Waals surface area contributed by atoms with Gasteiger partial charge in [0.1, 0.15) is 0 Å². The van der Waals surface area contributed by atoms with E-state index in [2.05, 4.69) is 11.4 Å². The Morgan fingerprint density at radius 3 is 2.65 bits per heavy atom. The second-order valence-electron chi connectivity index (χ2n) is 6.27. The number of nitrogens with one attached hydrogen (secondary N) is 1. The maximum Gasteiger partial charge on any atom is 0.161 e. The number of carbonyl (C=O) groups excluding carboxylic acids is 1. The first-order chi connectivity index (χ1) is 11.2. The van der Waals surface area contributed by atoms with E-state index in [9.17, 15) is 4.79 Å². The van der Waals surface area contributed by atoms with Gasteiger partial charge in [-0.15, -0.1) is 0 Å². The number of benzene rings is 1. The molecule has 0 radical (unpaired) electrons. The third-order valence-electron chi connectivity index (χ3n) is 4.84. The summed E-state index contributed by atoms with van der Waals surface area (Å²) in [6.45, 7) is 0.888. The largest absolute Gasteiger partial charge is 0.493 e. The molecule has 124 valence electrons. The Morgan fingerprint density at radius 1 is 1.17 bits per heavy atom. The molecule has 0 fully saturated rings. The first kappa shape index (κ1) is 16.1. The van der Waals surface area contributed by atoms with E-state index in [1.807, 2.05) is 12.1 Å². The molecule has 1 N–H and O–H groups in total. The van der Waals surface area contributed by atoms with Crippen molar-refractivity contribution in [1.29, 1.82) is 0 Å². The lowest BCUT2D eigenvalue weighted by Gasteiger charge is -2.28. The van der Waals surface area contributed by atoms with Crippen molar-refractivity contribution in [2.45, 2.75) is 44.6 Å². The van der Waals surface area contributed by atoms with Gasteiger partial charge in [0.05, 0.1) is 14.2 Å². The van der Waals surface area contributed by atoms with Gasteiger partial charge in [0, 0.05) is 12.5 Å². The van der Waals surface area contributed by atoms with Crippen LogP contribution < -0.4 is 14.8 Å². The highest BCUT2D eigenvalue weighted by atomic mass is 16.5. The van der Waals surface area contributed by atoms with Gasteiger partial charge in [-0.25, -0.2) is 0 Å². The summed E-state index contributed by atoms with van der Waals surface area (Å²) in [5.74, 6) is 1.77. The molecule has 0 unspecified atom stereocenters.